The van der Waals surface area contributed by atoms with E-state index in [9.17, 15) is 9.59 Å². The van der Waals surface area contributed by atoms with Gasteiger partial charge in [-0.2, -0.15) is 0 Å². The Morgan fingerprint density at radius 3 is 2.30 bits per heavy atom. The molecule has 0 spiro atoms. The monoisotopic (exact) mass is 387 g/mol. The number of ether oxygens (including phenoxy) is 3. The van der Waals surface area contributed by atoms with E-state index in [2.05, 4.69) is 0 Å². The van der Waals surface area contributed by atoms with Crippen molar-refractivity contribution in [2.75, 3.05) is 26.2 Å². The van der Waals surface area contributed by atoms with Gasteiger partial charge in [0.25, 0.3) is 5.91 Å². The van der Waals surface area contributed by atoms with E-state index in [1.807, 2.05) is 0 Å². The first kappa shape index (κ1) is 18.8. The standard InChI is InChI=1S/C20H18ClNO5/c1-11(23)22-15-10-13(21)6-7-14(15)18(20(22)24)19(27-4)12-5-8-16(25-2)17(9-12)26-3/h5-10H,1-4H3/b19-18+. The number of halogens is 1. The van der Waals surface area contributed by atoms with Crippen molar-refractivity contribution in [1.29, 1.82) is 0 Å². The first-order chi connectivity index (χ1) is 12.9. The summed E-state index contributed by atoms with van der Waals surface area (Å²) in [5.41, 5.74) is 1.91. The fourth-order valence-corrected chi connectivity index (χ4v) is 3.28. The minimum atomic E-state index is -0.466. The van der Waals surface area contributed by atoms with Crippen LogP contribution in [0, 0.1) is 0 Å². The Bertz CT molecular complexity index is 967. The molecule has 0 unspecified atom stereocenters. The van der Waals surface area contributed by atoms with E-state index in [-0.39, 0.29) is 5.57 Å². The number of rotatable bonds is 4. The van der Waals surface area contributed by atoms with Crippen LogP contribution in [0.15, 0.2) is 36.4 Å². The lowest BCUT2D eigenvalue weighted by molar-refractivity contribution is -0.122. The number of benzene rings is 2. The molecule has 1 aliphatic rings. The molecule has 1 aliphatic heterocycles. The van der Waals surface area contributed by atoms with Crippen LogP contribution < -0.4 is 14.4 Å². The van der Waals surface area contributed by atoms with Crippen molar-refractivity contribution >= 4 is 40.4 Å². The molecule has 7 heteroatoms. The number of methoxy groups -OCH3 is 3. The lowest BCUT2D eigenvalue weighted by Crippen LogP contribution is -2.31. The highest BCUT2D eigenvalue weighted by atomic mass is 35.5. The molecule has 27 heavy (non-hydrogen) atoms. The second kappa shape index (κ2) is 7.32. The number of nitrogens with zero attached hydrogens (tertiary/aromatic N) is 1. The summed E-state index contributed by atoms with van der Waals surface area (Å²) in [6.45, 7) is 1.33. The second-order valence-corrected chi connectivity index (χ2v) is 6.24. The summed E-state index contributed by atoms with van der Waals surface area (Å²) < 4.78 is 16.2. The van der Waals surface area contributed by atoms with E-state index in [0.29, 0.717) is 39.1 Å². The van der Waals surface area contributed by atoms with Crippen molar-refractivity contribution in [3.05, 3.63) is 52.5 Å². The molecule has 6 nitrogen and oxygen atoms in total. The molecule has 0 atom stereocenters. The van der Waals surface area contributed by atoms with Gasteiger partial charge in [-0.15, -0.1) is 0 Å². The molecular weight excluding hydrogens is 370 g/mol. The molecular formula is C20H18ClNO5. The van der Waals surface area contributed by atoms with E-state index < -0.39 is 11.8 Å². The third-order valence-corrected chi connectivity index (χ3v) is 4.51. The quantitative estimate of drug-likeness (QED) is 0.590. The number of hydrogen-bond acceptors (Lipinski definition) is 5. The molecule has 0 N–H and O–H groups in total. The maximum atomic E-state index is 13.0. The fourth-order valence-electron chi connectivity index (χ4n) is 3.11. The van der Waals surface area contributed by atoms with Gasteiger partial charge in [-0.3, -0.25) is 9.59 Å². The molecule has 1 heterocycles. The van der Waals surface area contributed by atoms with Gasteiger partial charge < -0.3 is 14.2 Å². The van der Waals surface area contributed by atoms with Crippen molar-refractivity contribution in [1.82, 2.24) is 0 Å². The van der Waals surface area contributed by atoms with Gasteiger partial charge in [0.2, 0.25) is 5.91 Å². The van der Waals surface area contributed by atoms with Gasteiger partial charge in [-0.25, -0.2) is 4.90 Å². The molecule has 0 aliphatic carbocycles. The molecule has 2 aromatic carbocycles. The van der Waals surface area contributed by atoms with Crippen LogP contribution >= 0.6 is 11.6 Å². The Labute approximate surface area is 161 Å². The Hall–Kier alpha value is -2.99. The second-order valence-electron chi connectivity index (χ2n) is 5.80. The number of carbonyl (C=O) groups excluding carboxylic acids is 2. The molecule has 0 saturated carbocycles. The third kappa shape index (κ3) is 3.13. The summed E-state index contributed by atoms with van der Waals surface area (Å²) in [5.74, 6) is 0.508. The predicted molar refractivity (Wildman–Crippen MR) is 103 cm³/mol. The zero-order valence-electron chi connectivity index (χ0n) is 15.3. The summed E-state index contributed by atoms with van der Waals surface area (Å²) in [7, 11) is 4.54. The molecule has 2 amide bonds. The first-order valence-electron chi connectivity index (χ1n) is 8.08. The van der Waals surface area contributed by atoms with E-state index in [1.165, 1.54) is 21.1 Å². The third-order valence-electron chi connectivity index (χ3n) is 4.28. The van der Waals surface area contributed by atoms with Crippen LogP contribution in [-0.4, -0.2) is 33.1 Å². The van der Waals surface area contributed by atoms with Crippen molar-refractivity contribution < 1.29 is 23.8 Å². The molecule has 3 rings (SSSR count). The van der Waals surface area contributed by atoms with Crippen molar-refractivity contribution in [2.24, 2.45) is 0 Å². The Morgan fingerprint density at radius 2 is 1.70 bits per heavy atom. The van der Waals surface area contributed by atoms with Crippen molar-refractivity contribution in [2.45, 2.75) is 6.92 Å². The van der Waals surface area contributed by atoms with Gasteiger partial charge in [-0.05, 0) is 30.3 Å². The highest BCUT2D eigenvalue weighted by Gasteiger charge is 2.38. The van der Waals surface area contributed by atoms with Gasteiger partial charge in [0, 0.05) is 23.1 Å². The SMILES string of the molecule is CO/C(=C1/C(=O)N(C(C)=O)c2cc(Cl)ccc21)c1ccc(OC)c(OC)c1. The number of anilines is 1. The smallest absolute Gasteiger partial charge is 0.269 e. The summed E-state index contributed by atoms with van der Waals surface area (Å²) >= 11 is 6.07. The highest BCUT2D eigenvalue weighted by Crippen LogP contribution is 2.43. The van der Waals surface area contributed by atoms with E-state index >= 15 is 0 Å². The molecule has 140 valence electrons. The zero-order valence-corrected chi connectivity index (χ0v) is 16.1. The summed E-state index contributed by atoms with van der Waals surface area (Å²) in [5, 5.41) is 0.430. The molecule has 0 saturated heterocycles. The van der Waals surface area contributed by atoms with E-state index in [4.69, 9.17) is 25.8 Å². The van der Waals surface area contributed by atoms with Crippen molar-refractivity contribution in [3.63, 3.8) is 0 Å². The Kier molecular flexibility index (Phi) is 5.10. The largest absolute Gasteiger partial charge is 0.495 e. The van der Waals surface area contributed by atoms with Crippen LogP contribution in [0.1, 0.15) is 18.1 Å². The number of fused-ring (bicyclic) bond motifs is 1. The molecule has 2 aromatic rings. The van der Waals surface area contributed by atoms with E-state index in [1.54, 1.807) is 43.5 Å². The van der Waals surface area contributed by atoms with E-state index in [0.717, 1.165) is 4.90 Å². The zero-order chi connectivity index (χ0) is 19.7. The average Bonchev–Trinajstić information content (AvgIpc) is 2.93. The van der Waals surface area contributed by atoms with Gasteiger partial charge in [0.15, 0.2) is 11.5 Å². The molecule has 0 fully saturated rings. The van der Waals surface area contributed by atoms with Gasteiger partial charge >= 0.3 is 0 Å². The lowest BCUT2D eigenvalue weighted by Gasteiger charge is -2.14. The van der Waals surface area contributed by atoms with Crippen molar-refractivity contribution in [3.8, 4) is 11.5 Å². The summed E-state index contributed by atoms with van der Waals surface area (Å²) in [4.78, 5) is 26.2. The Balaban J connectivity index is 2.27. The minimum absolute atomic E-state index is 0.284. The lowest BCUT2D eigenvalue weighted by atomic mass is 10.0. The van der Waals surface area contributed by atoms with Crippen LogP contribution in [0.4, 0.5) is 5.69 Å². The summed E-state index contributed by atoms with van der Waals surface area (Å²) in [6, 6.07) is 10.1. The highest BCUT2D eigenvalue weighted by molar-refractivity contribution is 6.43. The van der Waals surface area contributed by atoms with Crippen LogP contribution in [0.3, 0.4) is 0 Å². The first-order valence-corrected chi connectivity index (χ1v) is 8.46. The normalized spacial score (nSPS) is 14.7. The number of amides is 2. The summed E-state index contributed by atoms with van der Waals surface area (Å²) in [6.07, 6.45) is 0. The minimum Gasteiger partial charge on any atom is -0.495 e. The van der Waals surface area contributed by atoms with Gasteiger partial charge in [0.05, 0.1) is 32.6 Å². The van der Waals surface area contributed by atoms with Crippen LogP contribution in [0.25, 0.3) is 11.3 Å². The molecule has 0 radical (unpaired) electrons. The topological polar surface area (TPSA) is 65.1 Å². The Morgan fingerprint density at radius 1 is 1.00 bits per heavy atom. The van der Waals surface area contributed by atoms with Gasteiger partial charge in [-0.1, -0.05) is 17.7 Å². The molecule has 0 bridgehead atoms. The number of hydrogen-bond donors (Lipinski definition) is 0. The molecule has 0 aromatic heterocycles. The average molecular weight is 388 g/mol. The maximum Gasteiger partial charge on any atom is 0.269 e. The number of carbonyl (C=O) groups is 2. The maximum absolute atomic E-state index is 13.0. The van der Waals surface area contributed by atoms with Crippen LogP contribution in [0.5, 0.6) is 11.5 Å². The van der Waals surface area contributed by atoms with Gasteiger partial charge in [0.1, 0.15) is 5.76 Å². The van der Waals surface area contributed by atoms with Crippen LogP contribution in [0.2, 0.25) is 5.02 Å². The predicted octanol–water partition coefficient (Wildman–Crippen LogP) is 3.77. The fraction of sp³-hybridized carbons (Fsp3) is 0.200. The number of imide groups is 1. The van der Waals surface area contributed by atoms with Crippen LogP contribution in [-0.2, 0) is 14.3 Å².